The van der Waals surface area contributed by atoms with Crippen LogP contribution in [0.1, 0.15) is 26.3 Å². The number of amides is 1. The normalized spacial score (nSPS) is 15.8. The molecule has 0 saturated carbocycles. The summed E-state index contributed by atoms with van der Waals surface area (Å²) >= 11 is 6.07. The van der Waals surface area contributed by atoms with Crippen molar-refractivity contribution in [1.29, 1.82) is 0 Å². The first-order chi connectivity index (χ1) is 12.8. The van der Waals surface area contributed by atoms with E-state index in [0.29, 0.717) is 13.1 Å². The standard InChI is InChI=1S/C20H32ClN5O.HI/c1-20(2,3)18(27)23-8-9-24-19(22-4)26-12-10-25(11-13-26)15-16-6-5-7-17(21)14-16;/h5-7,14H,8-13,15H2,1-4H3,(H,22,24)(H,23,27);1H. The second kappa shape index (κ2) is 11.8. The van der Waals surface area contributed by atoms with E-state index >= 15 is 0 Å². The molecule has 0 aliphatic carbocycles. The molecule has 0 aromatic heterocycles. The quantitative estimate of drug-likeness (QED) is 0.271. The van der Waals surface area contributed by atoms with Crippen LogP contribution >= 0.6 is 35.6 Å². The number of hydrogen-bond donors (Lipinski definition) is 2. The van der Waals surface area contributed by atoms with E-state index in [9.17, 15) is 4.79 Å². The van der Waals surface area contributed by atoms with Crippen LogP contribution in [0.5, 0.6) is 0 Å². The maximum atomic E-state index is 11.9. The van der Waals surface area contributed by atoms with Crippen LogP contribution in [0.2, 0.25) is 5.02 Å². The van der Waals surface area contributed by atoms with Crippen LogP contribution in [0.4, 0.5) is 0 Å². The summed E-state index contributed by atoms with van der Waals surface area (Å²) in [6.07, 6.45) is 0. The van der Waals surface area contributed by atoms with Gasteiger partial charge in [-0.25, -0.2) is 0 Å². The van der Waals surface area contributed by atoms with Gasteiger partial charge in [-0.15, -0.1) is 24.0 Å². The predicted molar refractivity (Wildman–Crippen MR) is 128 cm³/mol. The van der Waals surface area contributed by atoms with Gasteiger partial charge in [0.05, 0.1) is 0 Å². The fraction of sp³-hybridized carbons (Fsp3) is 0.600. The zero-order valence-corrected chi connectivity index (χ0v) is 20.4. The molecule has 1 aliphatic heterocycles. The van der Waals surface area contributed by atoms with Gasteiger partial charge in [-0.3, -0.25) is 14.7 Å². The molecule has 8 heteroatoms. The van der Waals surface area contributed by atoms with E-state index in [-0.39, 0.29) is 35.3 Å². The number of hydrogen-bond acceptors (Lipinski definition) is 3. The molecule has 1 heterocycles. The number of benzene rings is 1. The van der Waals surface area contributed by atoms with Gasteiger partial charge in [0.25, 0.3) is 0 Å². The first kappa shape index (κ1) is 25.0. The summed E-state index contributed by atoms with van der Waals surface area (Å²) in [6, 6.07) is 8.05. The fourth-order valence-electron chi connectivity index (χ4n) is 2.96. The van der Waals surface area contributed by atoms with Crippen molar-refractivity contribution in [3.63, 3.8) is 0 Å². The first-order valence-electron chi connectivity index (χ1n) is 9.50. The van der Waals surface area contributed by atoms with Crippen LogP contribution in [0.25, 0.3) is 0 Å². The van der Waals surface area contributed by atoms with Crippen LogP contribution in [0.15, 0.2) is 29.3 Å². The lowest BCUT2D eigenvalue weighted by Crippen LogP contribution is -2.53. The predicted octanol–water partition coefficient (Wildman–Crippen LogP) is 2.81. The number of nitrogens with one attached hydrogen (secondary N) is 2. The monoisotopic (exact) mass is 521 g/mol. The smallest absolute Gasteiger partial charge is 0.225 e. The number of guanidine groups is 1. The van der Waals surface area contributed by atoms with Gasteiger partial charge in [0.15, 0.2) is 5.96 Å². The lowest BCUT2D eigenvalue weighted by atomic mass is 9.96. The summed E-state index contributed by atoms with van der Waals surface area (Å²) in [5.74, 6) is 0.955. The molecule has 0 bridgehead atoms. The molecule has 0 radical (unpaired) electrons. The number of carbonyl (C=O) groups is 1. The van der Waals surface area contributed by atoms with Gasteiger partial charge in [0.2, 0.25) is 5.91 Å². The maximum absolute atomic E-state index is 11.9. The second-order valence-corrected chi connectivity index (χ2v) is 8.31. The third-order valence-corrected chi connectivity index (χ3v) is 4.79. The van der Waals surface area contributed by atoms with Crippen molar-refractivity contribution >= 4 is 47.4 Å². The fourth-order valence-corrected chi connectivity index (χ4v) is 3.17. The van der Waals surface area contributed by atoms with Crippen molar-refractivity contribution in [2.24, 2.45) is 10.4 Å². The van der Waals surface area contributed by atoms with Crippen LogP contribution in [0.3, 0.4) is 0 Å². The van der Waals surface area contributed by atoms with Gasteiger partial charge in [0.1, 0.15) is 0 Å². The van der Waals surface area contributed by atoms with Crippen molar-refractivity contribution in [1.82, 2.24) is 20.4 Å². The Morgan fingerprint density at radius 1 is 1.14 bits per heavy atom. The molecule has 28 heavy (non-hydrogen) atoms. The summed E-state index contributed by atoms with van der Waals surface area (Å²) in [5.41, 5.74) is 0.883. The molecule has 1 saturated heterocycles. The summed E-state index contributed by atoms with van der Waals surface area (Å²) in [7, 11) is 1.80. The van der Waals surface area contributed by atoms with Crippen LogP contribution in [-0.4, -0.2) is 68.0 Å². The van der Waals surface area contributed by atoms with Crippen LogP contribution in [-0.2, 0) is 11.3 Å². The Labute approximate surface area is 191 Å². The number of carbonyl (C=O) groups excluding carboxylic acids is 1. The number of halogens is 2. The first-order valence-corrected chi connectivity index (χ1v) is 9.88. The highest BCUT2D eigenvalue weighted by molar-refractivity contribution is 14.0. The highest BCUT2D eigenvalue weighted by Crippen LogP contribution is 2.14. The topological polar surface area (TPSA) is 60.0 Å². The third-order valence-electron chi connectivity index (χ3n) is 4.55. The Morgan fingerprint density at radius 2 is 1.79 bits per heavy atom. The Morgan fingerprint density at radius 3 is 2.36 bits per heavy atom. The largest absolute Gasteiger partial charge is 0.354 e. The van der Waals surface area contributed by atoms with E-state index in [1.165, 1.54) is 5.56 Å². The second-order valence-electron chi connectivity index (χ2n) is 7.87. The van der Waals surface area contributed by atoms with E-state index in [4.69, 9.17) is 11.6 Å². The minimum Gasteiger partial charge on any atom is -0.354 e. The Balaban J connectivity index is 0.00000392. The SMILES string of the molecule is CN=C(NCCNC(=O)C(C)(C)C)N1CCN(Cc2cccc(Cl)c2)CC1.I. The van der Waals surface area contributed by atoms with Crippen molar-refractivity contribution in [2.45, 2.75) is 27.3 Å². The van der Waals surface area contributed by atoms with Gasteiger partial charge >= 0.3 is 0 Å². The molecule has 2 N–H and O–H groups in total. The molecular weight excluding hydrogens is 489 g/mol. The number of aliphatic imine (C=N–C) groups is 1. The van der Waals surface area contributed by atoms with Crippen LogP contribution in [0, 0.1) is 5.41 Å². The van der Waals surface area contributed by atoms with Crippen molar-refractivity contribution < 1.29 is 4.79 Å². The van der Waals surface area contributed by atoms with Gasteiger partial charge in [0, 0.05) is 63.3 Å². The summed E-state index contributed by atoms with van der Waals surface area (Å²) in [4.78, 5) is 21.0. The van der Waals surface area contributed by atoms with E-state index in [2.05, 4.69) is 31.5 Å². The lowest BCUT2D eigenvalue weighted by molar-refractivity contribution is -0.128. The molecule has 1 fully saturated rings. The molecule has 1 aromatic carbocycles. The minimum atomic E-state index is -0.360. The minimum absolute atomic E-state index is 0. The van der Waals surface area contributed by atoms with Gasteiger partial charge in [-0.05, 0) is 17.7 Å². The van der Waals surface area contributed by atoms with Crippen molar-refractivity contribution in [2.75, 3.05) is 46.3 Å². The Kier molecular flexibility index (Phi) is 10.5. The molecular formula is C20H33ClIN5O. The molecule has 1 amide bonds. The zero-order chi connectivity index (χ0) is 19.9. The molecule has 2 rings (SSSR count). The van der Waals surface area contributed by atoms with Crippen molar-refractivity contribution in [3.05, 3.63) is 34.9 Å². The highest BCUT2D eigenvalue weighted by atomic mass is 127. The maximum Gasteiger partial charge on any atom is 0.225 e. The average molecular weight is 522 g/mol. The molecule has 6 nitrogen and oxygen atoms in total. The third kappa shape index (κ3) is 8.13. The number of nitrogens with zero attached hydrogens (tertiary/aromatic N) is 3. The molecule has 0 unspecified atom stereocenters. The van der Waals surface area contributed by atoms with E-state index in [1.807, 2.05) is 39.0 Å². The van der Waals surface area contributed by atoms with E-state index < -0.39 is 0 Å². The number of piperazine rings is 1. The Hall–Kier alpha value is -1.06. The number of rotatable bonds is 5. The lowest BCUT2D eigenvalue weighted by Gasteiger charge is -2.36. The van der Waals surface area contributed by atoms with Crippen LogP contribution < -0.4 is 10.6 Å². The van der Waals surface area contributed by atoms with Gasteiger partial charge in [-0.2, -0.15) is 0 Å². The molecule has 0 atom stereocenters. The van der Waals surface area contributed by atoms with Gasteiger partial charge < -0.3 is 15.5 Å². The van der Waals surface area contributed by atoms with Crippen molar-refractivity contribution in [3.8, 4) is 0 Å². The van der Waals surface area contributed by atoms with E-state index in [0.717, 1.165) is 43.7 Å². The summed E-state index contributed by atoms with van der Waals surface area (Å²) in [5, 5.41) is 7.08. The molecule has 0 spiro atoms. The van der Waals surface area contributed by atoms with Gasteiger partial charge in [-0.1, -0.05) is 44.5 Å². The highest BCUT2D eigenvalue weighted by Gasteiger charge is 2.21. The average Bonchev–Trinajstić information content (AvgIpc) is 2.62. The van der Waals surface area contributed by atoms with E-state index in [1.54, 1.807) is 7.05 Å². The summed E-state index contributed by atoms with van der Waals surface area (Å²) in [6.45, 7) is 11.7. The summed E-state index contributed by atoms with van der Waals surface area (Å²) < 4.78 is 0. The molecule has 1 aliphatic rings. The zero-order valence-electron chi connectivity index (χ0n) is 17.3. The molecule has 1 aromatic rings. The molecule has 158 valence electrons. The Bertz CT molecular complexity index is 654.